The van der Waals surface area contributed by atoms with Crippen LogP contribution in [0, 0.1) is 35.0 Å². The Hall–Kier alpha value is 0. The summed E-state index contributed by atoms with van der Waals surface area (Å²) < 4.78 is 0. The van der Waals surface area contributed by atoms with Crippen LogP contribution in [0.5, 0.6) is 0 Å². The van der Waals surface area contributed by atoms with Crippen molar-refractivity contribution in [3.63, 3.8) is 0 Å². The summed E-state index contributed by atoms with van der Waals surface area (Å²) in [4.78, 5) is 0. The van der Waals surface area contributed by atoms with Crippen LogP contribution in [0.1, 0.15) is 112 Å². The van der Waals surface area contributed by atoms with Crippen LogP contribution >= 0.6 is 0 Å². The van der Waals surface area contributed by atoms with Crippen LogP contribution in [-0.4, -0.2) is 0 Å². The van der Waals surface area contributed by atoms with E-state index in [1.54, 1.807) is 19.3 Å². The number of hydrogen-bond acceptors (Lipinski definition) is 0. The van der Waals surface area contributed by atoms with Gasteiger partial charge in [-0.1, -0.05) is 86.0 Å². The molecule has 6 unspecified atom stereocenters. The Labute approximate surface area is 147 Å². The highest BCUT2D eigenvalue weighted by molar-refractivity contribution is 5.01. The Balaban J connectivity index is 1.63. The number of fused-ring (bicyclic) bond motifs is 1. The maximum atomic E-state index is 2.59. The lowest BCUT2D eigenvalue weighted by atomic mass is 9.64. The monoisotopic (exact) mass is 320 g/mol. The molecule has 0 radical (unpaired) electrons. The highest BCUT2D eigenvalue weighted by Crippen LogP contribution is 2.60. The third kappa shape index (κ3) is 5.23. The Morgan fingerprint density at radius 3 is 2.22 bits per heavy atom. The van der Waals surface area contributed by atoms with Gasteiger partial charge >= 0.3 is 0 Å². The fraction of sp³-hybridized carbons (Fsp3) is 1.00. The molecule has 0 nitrogen and oxygen atoms in total. The summed E-state index contributed by atoms with van der Waals surface area (Å²) in [6.45, 7) is 12.2. The second kappa shape index (κ2) is 8.91. The lowest BCUT2D eigenvalue weighted by Crippen LogP contribution is -2.32. The van der Waals surface area contributed by atoms with Gasteiger partial charge in [0.1, 0.15) is 0 Å². The average molecular weight is 321 g/mol. The van der Waals surface area contributed by atoms with Crippen molar-refractivity contribution in [1.29, 1.82) is 0 Å². The fourth-order valence-corrected chi connectivity index (χ4v) is 5.72. The second-order valence-corrected chi connectivity index (χ2v) is 9.77. The van der Waals surface area contributed by atoms with E-state index in [9.17, 15) is 0 Å². The lowest BCUT2D eigenvalue weighted by Gasteiger charge is -2.41. The number of unbranched alkanes of at least 4 members (excludes halogenated alkanes) is 2. The first-order chi connectivity index (χ1) is 11.0. The molecular weight excluding hydrogens is 276 g/mol. The van der Waals surface area contributed by atoms with Crippen molar-refractivity contribution >= 4 is 0 Å². The lowest BCUT2D eigenvalue weighted by molar-refractivity contribution is 0.0900. The summed E-state index contributed by atoms with van der Waals surface area (Å²) >= 11 is 0. The minimum absolute atomic E-state index is 0.710. The van der Waals surface area contributed by atoms with E-state index >= 15 is 0 Å². The smallest absolute Gasteiger partial charge is 0.0320 e. The minimum Gasteiger partial charge on any atom is -0.0654 e. The van der Waals surface area contributed by atoms with Gasteiger partial charge in [0.15, 0.2) is 0 Å². The molecule has 0 aromatic heterocycles. The van der Waals surface area contributed by atoms with Crippen LogP contribution in [0.4, 0.5) is 0 Å². The van der Waals surface area contributed by atoms with Gasteiger partial charge in [0.05, 0.1) is 0 Å². The normalized spacial score (nSPS) is 35.6. The molecule has 0 aromatic carbocycles. The van der Waals surface area contributed by atoms with Gasteiger partial charge in [-0.2, -0.15) is 0 Å². The number of hydrogen-bond donors (Lipinski definition) is 0. The molecule has 2 aliphatic carbocycles. The van der Waals surface area contributed by atoms with Crippen molar-refractivity contribution in [3.8, 4) is 0 Å². The standard InChI is InChI=1S/C23H44/c1-6-8-11-18(3)19(4)12-10-13-20-15-21-16-23(5,14-9-7-2)17-22(20)21/h18-22H,6-17H2,1-5H3. The van der Waals surface area contributed by atoms with E-state index in [1.807, 2.05) is 0 Å². The summed E-state index contributed by atoms with van der Waals surface area (Å²) in [5.74, 6) is 5.21. The van der Waals surface area contributed by atoms with Gasteiger partial charge in [0, 0.05) is 0 Å². The maximum Gasteiger partial charge on any atom is -0.0320 e. The minimum atomic E-state index is 0.710. The van der Waals surface area contributed by atoms with E-state index in [1.165, 1.54) is 57.8 Å². The first kappa shape index (κ1) is 19.3. The molecule has 0 N–H and O–H groups in total. The molecule has 0 spiro atoms. The first-order valence-corrected chi connectivity index (χ1v) is 11.0. The van der Waals surface area contributed by atoms with Crippen molar-refractivity contribution in [1.82, 2.24) is 0 Å². The molecule has 136 valence electrons. The van der Waals surface area contributed by atoms with Crippen LogP contribution in [0.15, 0.2) is 0 Å². The highest BCUT2D eigenvalue weighted by atomic mass is 14.6. The van der Waals surface area contributed by atoms with Crippen molar-refractivity contribution < 1.29 is 0 Å². The molecule has 0 heterocycles. The zero-order chi connectivity index (χ0) is 16.9. The van der Waals surface area contributed by atoms with E-state index in [0.29, 0.717) is 5.41 Å². The summed E-state index contributed by atoms with van der Waals surface area (Å²) in [6.07, 6.45) is 17.8. The van der Waals surface area contributed by atoms with Gasteiger partial charge in [-0.3, -0.25) is 0 Å². The molecule has 0 heteroatoms. The van der Waals surface area contributed by atoms with Crippen LogP contribution in [0.3, 0.4) is 0 Å². The largest absolute Gasteiger partial charge is 0.0654 e. The molecule has 0 aromatic rings. The second-order valence-electron chi connectivity index (χ2n) is 9.77. The van der Waals surface area contributed by atoms with Crippen molar-refractivity contribution in [2.45, 2.75) is 112 Å². The summed E-state index contributed by atoms with van der Waals surface area (Å²) in [6, 6.07) is 0. The fourth-order valence-electron chi connectivity index (χ4n) is 5.72. The van der Waals surface area contributed by atoms with Crippen LogP contribution in [0.25, 0.3) is 0 Å². The molecule has 0 saturated heterocycles. The maximum absolute atomic E-state index is 2.59. The summed E-state index contributed by atoms with van der Waals surface area (Å²) in [5, 5.41) is 0. The van der Waals surface area contributed by atoms with Crippen LogP contribution in [0.2, 0.25) is 0 Å². The topological polar surface area (TPSA) is 0 Å². The van der Waals surface area contributed by atoms with Gasteiger partial charge in [0.2, 0.25) is 0 Å². The third-order valence-electron chi connectivity index (χ3n) is 7.65. The Bertz CT molecular complexity index is 333. The molecule has 0 aliphatic heterocycles. The SMILES string of the molecule is CCCCC(C)C(C)CCCC1CC2CC(C)(CCCC)CC12. The third-order valence-corrected chi connectivity index (χ3v) is 7.65. The predicted molar refractivity (Wildman–Crippen MR) is 104 cm³/mol. The highest BCUT2D eigenvalue weighted by Gasteiger charge is 2.51. The van der Waals surface area contributed by atoms with Gasteiger partial charge in [0.25, 0.3) is 0 Å². The Kier molecular flexibility index (Phi) is 7.49. The average Bonchev–Trinajstić information content (AvgIpc) is 2.79. The van der Waals surface area contributed by atoms with E-state index in [4.69, 9.17) is 0 Å². The summed E-state index contributed by atoms with van der Waals surface area (Å²) in [7, 11) is 0. The van der Waals surface area contributed by atoms with E-state index in [2.05, 4.69) is 34.6 Å². The predicted octanol–water partition coefficient (Wildman–Crippen LogP) is 7.86. The zero-order valence-corrected chi connectivity index (χ0v) is 16.9. The Morgan fingerprint density at radius 2 is 1.57 bits per heavy atom. The van der Waals surface area contributed by atoms with Crippen molar-refractivity contribution in [3.05, 3.63) is 0 Å². The molecule has 23 heavy (non-hydrogen) atoms. The van der Waals surface area contributed by atoms with Crippen LogP contribution in [-0.2, 0) is 0 Å². The molecule has 6 atom stereocenters. The molecule has 2 rings (SSSR count). The molecule has 2 aliphatic rings. The quantitative estimate of drug-likeness (QED) is 0.363. The van der Waals surface area contributed by atoms with Crippen LogP contribution < -0.4 is 0 Å². The van der Waals surface area contributed by atoms with Crippen molar-refractivity contribution in [2.24, 2.45) is 35.0 Å². The first-order valence-electron chi connectivity index (χ1n) is 11.0. The molecular formula is C23H44. The molecule has 2 saturated carbocycles. The molecule has 0 amide bonds. The van der Waals surface area contributed by atoms with Gasteiger partial charge in [-0.15, -0.1) is 0 Å². The summed E-state index contributed by atoms with van der Waals surface area (Å²) in [5.41, 5.74) is 0.710. The van der Waals surface area contributed by atoms with Gasteiger partial charge < -0.3 is 0 Å². The molecule has 0 bridgehead atoms. The van der Waals surface area contributed by atoms with E-state index < -0.39 is 0 Å². The van der Waals surface area contributed by atoms with E-state index in [0.717, 1.165) is 29.6 Å². The zero-order valence-electron chi connectivity index (χ0n) is 16.9. The molecule has 2 fully saturated rings. The van der Waals surface area contributed by atoms with Crippen molar-refractivity contribution in [2.75, 3.05) is 0 Å². The van der Waals surface area contributed by atoms with Gasteiger partial charge in [-0.25, -0.2) is 0 Å². The van der Waals surface area contributed by atoms with Gasteiger partial charge in [-0.05, 0) is 60.7 Å². The Morgan fingerprint density at radius 1 is 0.913 bits per heavy atom. The van der Waals surface area contributed by atoms with E-state index in [-0.39, 0.29) is 0 Å². The number of rotatable bonds is 11.